The van der Waals surface area contributed by atoms with Crippen molar-refractivity contribution in [1.82, 2.24) is 0 Å². The molecule has 0 bridgehead atoms. The van der Waals surface area contributed by atoms with Gasteiger partial charge in [-0.3, -0.25) is 0 Å². The Morgan fingerprint density at radius 2 is 1.60 bits per heavy atom. The zero-order valence-electron chi connectivity index (χ0n) is 20.3. The number of anilines is 1. The molecule has 0 amide bonds. The molecule has 0 spiro atoms. The van der Waals surface area contributed by atoms with Gasteiger partial charge in [-0.05, 0) is 48.4 Å². The fraction of sp³-hybridized carbons (Fsp3) is 0.129. The van der Waals surface area contributed by atoms with Gasteiger partial charge in [-0.15, -0.1) is 0 Å². The summed E-state index contributed by atoms with van der Waals surface area (Å²) in [6.45, 7) is 2.93. The SMILES string of the molecule is CC[n+]1c(C=C2C=C(C=CC=Cc3ccc(N(C)C)cc3)c3ccccc3O2)oc2ccccc21. The van der Waals surface area contributed by atoms with Crippen molar-refractivity contribution in [3.63, 3.8) is 0 Å². The van der Waals surface area contributed by atoms with Gasteiger partial charge in [-0.2, -0.15) is 4.57 Å². The van der Waals surface area contributed by atoms with E-state index in [-0.39, 0.29) is 0 Å². The van der Waals surface area contributed by atoms with Crippen molar-refractivity contribution in [2.24, 2.45) is 0 Å². The molecule has 3 aromatic carbocycles. The van der Waals surface area contributed by atoms with Gasteiger partial charge in [-0.1, -0.05) is 66.8 Å². The maximum Gasteiger partial charge on any atom is 0.377 e. The van der Waals surface area contributed by atoms with Crippen LogP contribution in [0, 0.1) is 0 Å². The predicted octanol–water partition coefficient (Wildman–Crippen LogP) is 6.89. The lowest BCUT2D eigenvalue weighted by Gasteiger charge is -2.18. The Morgan fingerprint density at radius 3 is 2.40 bits per heavy atom. The Bertz CT molecular complexity index is 1470. The molecule has 5 rings (SSSR count). The number of hydrogen-bond acceptors (Lipinski definition) is 3. The monoisotopic (exact) mass is 461 g/mol. The first-order chi connectivity index (χ1) is 17.1. The Hall–Kier alpha value is -4.31. The zero-order chi connectivity index (χ0) is 24.2. The van der Waals surface area contributed by atoms with E-state index in [0.717, 1.165) is 51.7 Å². The normalized spacial score (nSPS) is 14.5. The number of nitrogens with zero attached hydrogens (tertiary/aromatic N) is 2. The number of para-hydroxylation sites is 3. The lowest BCUT2D eigenvalue weighted by atomic mass is 10.0. The summed E-state index contributed by atoms with van der Waals surface area (Å²) in [6.07, 6.45) is 12.4. The second-order valence-electron chi connectivity index (χ2n) is 8.60. The first kappa shape index (κ1) is 22.5. The third-order valence-electron chi connectivity index (χ3n) is 6.03. The molecule has 1 aliphatic heterocycles. The van der Waals surface area contributed by atoms with Crippen LogP contribution < -0.4 is 14.2 Å². The molecule has 2 heterocycles. The highest BCUT2D eigenvalue weighted by molar-refractivity contribution is 5.83. The summed E-state index contributed by atoms with van der Waals surface area (Å²) >= 11 is 0. The second-order valence-corrected chi connectivity index (χ2v) is 8.60. The third kappa shape index (κ3) is 4.82. The van der Waals surface area contributed by atoms with Crippen molar-refractivity contribution in [3.05, 3.63) is 120 Å². The van der Waals surface area contributed by atoms with Gasteiger partial charge in [0.25, 0.3) is 5.52 Å². The molecule has 4 nitrogen and oxygen atoms in total. The van der Waals surface area contributed by atoms with Gasteiger partial charge in [0.2, 0.25) is 5.58 Å². The minimum absolute atomic E-state index is 0.743. The van der Waals surface area contributed by atoms with Gasteiger partial charge in [0.1, 0.15) is 18.1 Å². The van der Waals surface area contributed by atoms with E-state index in [2.05, 4.69) is 83.2 Å². The number of ether oxygens (including phenoxy) is 1. The molecule has 174 valence electrons. The number of benzene rings is 3. The molecule has 35 heavy (non-hydrogen) atoms. The van der Waals surface area contributed by atoms with Gasteiger partial charge in [-0.25, -0.2) is 0 Å². The highest BCUT2D eigenvalue weighted by atomic mass is 16.5. The Kier molecular flexibility index (Phi) is 6.36. The zero-order valence-corrected chi connectivity index (χ0v) is 20.3. The van der Waals surface area contributed by atoms with Crippen LogP contribution in [0.4, 0.5) is 5.69 Å². The molecule has 0 radical (unpaired) electrons. The highest BCUT2D eigenvalue weighted by Gasteiger charge is 2.22. The summed E-state index contributed by atoms with van der Waals surface area (Å²) in [4.78, 5) is 2.10. The van der Waals surface area contributed by atoms with Crippen LogP contribution in [0.2, 0.25) is 0 Å². The number of oxazole rings is 1. The Balaban J connectivity index is 1.44. The van der Waals surface area contributed by atoms with Crippen molar-refractivity contribution >= 4 is 34.5 Å². The van der Waals surface area contributed by atoms with Gasteiger partial charge in [0, 0.05) is 31.4 Å². The van der Waals surface area contributed by atoms with Crippen LogP contribution >= 0.6 is 0 Å². The predicted molar refractivity (Wildman–Crippen MR) is 144 cm³/mol. The molecule has 0 saturated carbocycles. The van der Waals surface area contributed by atoms with E-state index in [4.69, 9.17) is 9.15 Å². The van der Waals surface area contributed by atoms with E-state index in [1.165, 1.54) is 5.69 Å². The summed E-state index contributed by atoms with van der Waals surface area (Å²) in [5, 5.41) is 0. The van der Waals surface area contributed by atoms with Crippen molar-refractivity contribution < 1.29 is 13.7 Å². The fourth-order valence-electron chi connectivity index (χ4n) is 4.21. The second kappa shape index (κ2) is 9.90. The molecule has 0 N–H and O–H groups in total. The highest BCUT2D eigenvalue weighted by Crippen LogP contribution is 2.34. The fourth-order valence-corrected chi connectivity index (χ4v) is 4.21. The summed E-state index contributed by atoms with van der Waals surface area (Å²) in [6, 6.07) is 24.7. The van der Waals surface area contributed by atoms with Crippen LogP contribution in [0.3, 0.4) is 0 Å². The van der Waals surface area contributed by atoms with Crippen molar-refractivity contribution in [2.45, 2.75) is 13.5 Å². The van der Waals surface area contributed by atoms with Crippen LogP contribution in [0.5, 0.6) is 5.75 Å². The van der Waals surface area contributed by atoms with Crippen LogP contribution in [0.15, 0.2) is 107 Å². The number of aryl methyl sites for hydroxylation is 1. The maximum absolute atomic E-state index is 6.22. The lowest BCUT2D eigenvalue weighted by Crippen LogP contribution is -2.33. The average Bonchev–Trinajstić information content (AvgIpc) is 3.23. The number of rotatable bonds is 6. The van der Waals surface area contributed by atoms with Crippen LogP contribution in [0.25, 0.3) is 28.8 Å². The van der Waals surface area contributed by atoms with Gasteiger partial charge in [0.15, 0.2) is 0 Å². The molecule has 1 aliphatic rings. The minimum Gasteiger partial charge on any atom is -0.456 e. The Morgan fingerprint density at radius 1 is 0.857 bits per heavy atom. The van der Waals surface area contributed by atoms with Crippen LogP contribution in [0.1, 0.15) is 23.9 Å². The molecule has 4 aromatic rings. The first-order valence-electron chi connectivity index (χ1n) is 11.9. The molecular formula is C31H29N2O2+. The largest absolute Gasteiger partial charge is 0.456 e. The first-order valence-corrected chi connectivity index (χ1v) is 11.9. The van der Waals surface area contributed by atoms with Crippen molar-refractivity contribution in [1.29, 1.82) is 0 Å². The molecule has 0 unspecified atom stereocenters. The summed E-state index contributed by atoms with van der Waals surface area (Å²) in [7, 11) is 4.09. The van der Waals surface area contributed by atoms with Gasteiger partial charge in [0.05, 0.1) is 6.08 Å². The van der Waals surface area contributed by atoms with E-state index < -0.39 is 0 Å². The molecule has 0 aliphatic carbocycles. The molecule has 0 atom stereocenters. The van der Waals surface area contributed by atoms with Crippen molar-refractivity contribution in [3.8, 4) is 5.75 Å². The van der Waals surface area contributed by atoms with E-state index in [1.807, 2.05) is 56.6 Å². The molecular weight excluding hydrogens is 432 g/mol. The topological polar surface area (TPSA) is 29.5 Å². The summed E-state index contributed by atoms with van der Waals surface area (Å²) < 4.78 is 14.5. The average molecular weight is 462 g/mol. The van der Waals surface area contributed by atoms with E-state index in [1.54, 1.807) is 0 Å². The lowest BCUT2D eigenvalue weighted by molar-refractivity contribution is -0.674. The van der Waals surface area contributed by atoms with E-state index >= 15 is 0 Å². The molecule has 0 saturated heterocycles. The number of fused-ring (bicyclic) bond motifs is 2. The maximum atomic E-state index is 6.22. The number of aromatic nitrogens is 1. The summed E-state index contributed by atoms with van der Waals surface area (Å²) in [5.41, 5.74) is 6.45. The smallest absolute Gasteiger partial charge is 0.377 e. The number of allylic oxidation sites excluding steroid dienone is 5. The summed E-state index contributed by atoms with van der Waals surface area (Å²) in [5.74, 6) is 2.35. The molecule has 1 aromatic heterocycles. The van der Waals surface area contributed by atoms with Crippen LogP contribution in [-0.2, 0) is 6.54 Å². The van der Waals surface area contributed by atoms with E-state index in [9.17, 15) is 0 Å². The minimum atomic E-state index is 0.743. The number of hydrogen-bond donors (Lipinski definition) is 0. The standard InChI is InChI=1S/C31H29N2O2/c1-4-33-28-14-8-10-16-30(28)35-31(33)22-26-21-24(27-13-7-9-15-29(27)34-26)12-6-5-11-23-17-19-25(20-18-23)32(2)3/h5-22H,4H2,1-3H3/q+1. The van der Waals surface area contributed by atoms with Crippen molar-refractivity contribution in [2.75, 3.05) is 19.0 Å². The van der Waals surface area contributed by atoms with Gasteiger partial charge >= 0.3 is 5.89 Å². The quantitative estimate of drug-likeness (QED) is 0.231. The van der Waals surface area contributed by atoms with E-state index in [0.29, 0.717) is 0 Å². The molecule has 0 fully saturated rings. The van der Waals surface area contributed by atoms with Crippen LogP contribution in [-0.4, -0.2) is 14.1 Å². The molecule has 4 heteroatoms. The third-order valence-corrected chi connectivity index (χ3v) is 6.03. The van der Waals surface area contributed by atoms with Gasteiger partial charge < -0.3 is 14.1 Å². The Labute approximate surface area is 206 Å².